The standard InChI is InChI=1S/C10H17/c1-3-10(4-2)8-6-5-7-9-10/h6H,3-4,7-9H2,1-2H3. The minimum atomic E-state index is 0.644. The molecule has 0 spiro atoms. The molecule has 0 aliphatic heterocycles. The zero-order chi connectivity index (χ0) is 7.45. The molecule has 0 bridgehead atoms. The third-order valence-corrected chi connectivity index (χ3v) is 2.98. The lowest BCUT2D eigenvalue weighted by molar-refractivity contribution is 0.233. The van der Waals surface area contributed by atoms with E-state index in [0.29, 0.717) is 5.41 Å². The molecule has 1 radical (unpaired) electrons. The lowest BCUT2D eigenvalue weighted by Gasteiger charge is -2.32. The quantitative estimate of drug-likeness (QED) is 0.547. The molecule has 0 aromatic rings. The average Bonchev–Trinajstić information content (AvgIpc) is 2.06. The summed E-state index contributed by atoms with van der Waals surface area (Å²) in [7, 11) is 0. The molecule has 0 aromatic carbocycles. The van der Waals surface area contributed by atoms with Gasteiger partial charge in [0, 0.05) is 0 Å². The summed E-state index contributed by atoms with van der Waals surface area (Å²) in [4.78, 5) is 0. The van der Waals surface area contributed by atoms with E-state index in [1.807, 2.05) is 0 Å². The van der Waals surface area contributed by atoms with E-state index in [-0.39, 0.29) is 0 Å². The van der Waals surface area contributed by atoms with Crippen LogP contribution in [0.4, 0.5) is 0 Å². The molecule has 1 aliphatic rings. The first-order valence-electron chi connectivity index (χ1n) is 4.38. The number of rotatable bonds is 2. The number of allylic oxidation sites excluding steroid dienone is 2. The summed E-state index contributed by atoms with van der Waals surface area (Å²) in [6.45, 7) is 4.62. The largest absolute Gasteiger partial charge is 0.0805 e. The second-order valence-corrected chi connectivity index (χ2v) is 3.32. The van der Waals surface area contributed by atoms with Crippen LogP contribution in [0.2, 0.25) is 0 Å². The summed E-state index contributed by atoms with van der Waals surface area (Å²) in [5, 5.41) is 0. The Labute approximate surface area is 64.3 Å². The Kier molecular flexibility index (Phi) is 2.53. The second-order valence-electron chi connectivity index (χ2n) is 3.32. The van der Waals surface area contributed by atoms with E-state index in [1.165, 1.54) is 32.1 Å². The van der Waals surface area contributed by atoms with Gasteiger partial charge in [-0.25, -0.2) is 0 Å². The topological polar surface area (TPSA) is 0 Å². The van der Waals surface area contributed by atoms with Crippen LogP contribution in [0.5, 0.6) is 0 Å². The van der Waals surface area contributed by atoms with Gasteiger partial charge in [-0.2, -0.15) is 0 Å². The summed E-state index contributed by atoms with van der Waals surface area (Å²) in [6, 6.07) is 0. The van der Waals surface area contributed by atoms with Crippen LogP contribution in [0, 0.1) is 11.5 Å². The highest BCUT2D eigenvalue weighted by Crippen LogP contribution is 2.38. The van der Waals surface area contributed by atoms with Crippen LogP contribution < -0.4 is 0 Å². The van der Waals surface area contributed by atoms with E-state index in [9.17, 15) is 0 Å². The van der Waals surface area contributed by atoms with Gasteiger partial charge in [-0.05, 0) is 30.8 Å². The van der Waals surface area contributed by atoms with Gasteiger partial charge < -0.3 is 0 Å². The van der Waals surface area contributed by atoms with Gasteiger partial charge in [-0.1, -0.05) is 32.8 Å². The Morgan fingerprint density at radius 3 is 2.40 bits per heavy atom. The minimum absolute atomic E-state index is 0.644. The van der Waals surface area contributed by atoms with Gasteiger partial charge in [0.25, 0.3) is 0 Å². The Morgan fingerprint density at radius 2 is 2.10 bits per heavy atom. The van der Waals surface area contributed by atoms with Gasteiger partial charge in [0.2, 0.25) is 0 Å². The molecule has 0 N–H and O–H groups in total. The third kappa shape index (κ3) is 1.42. The number of hydrogen-bond donors (Lipinski definition) is 0. The maximum Gasteiger partial charge on any atom is -0.0265 e. The summed E-state index contributed by atoms with van der Waals surface area (Å²) in [5.74, 6) is 0. The van der Waals surface area contributed by atoms with Crippen molar-refractivity contribution in [1.82, 2.24) is 0 Å². The first-order valence-corrected chi connectivity index (χ1v) is 4.38. The molecule has 0 saturated heterocycles. The predicted octanol–water partition coefficient (Wildman–Crippen LogP) is 3.34. The zero-order valence-corrected chi connectivity index (χ0v) is 7.11. The van der Waals surface area contributed by atoms with Crippen molar-refractivity contribution in [3.8, 4) is 0 Å². The Morgan fingerprint density at radius 1 is 1.40 bits per heavy atom. The monoisotopic (exact) mass is 137 g/mol. The van der Waals surface area contributed by atoms with Crippen molar-refractivity contribution in [2.45, 2.75) is 46.0 Å². The van der Waals surface area contributed by atoms with Gasteiger partial charge in [0.15, 0.2) is 0 Å². The first kappa shape index (κ1) is 7.84. The van der Waals surface area contributed by atoms with Gasteiger partial charge in [-0.15, -0.1) is 0 Å². The summed E-state index contributed by atoms with van der Waals surface area (Å²) in [5.41, 5.74) is 0.644. The van der Waals surface area contributed by atoms with Crippen molar-refractivity contribution < 1.29 is 0 Å². The SMILES string of the molecule is CCC1(CC)CC=[C]CC1. The number of hydrogen-bond acceptors (Lipinski definition) is 0. The highest BCUT2D eigenvalue weighted by atomic mass is 14.3. The Balaban J connectivity index is 2.55. The smallest absolute Gasteiger partial charge is 0.0265 e. The van der Waals surface area contributed by atoms with Crippen molar-refractivity contribution in [3.05, 3.63) is 12.2 Å². The molecule has 0 heteroatoms. The fourth-order valence-corrected chi connectivity index (χ4v) is 1.72. The molecular weight excluding hydrogens is 120 g/mol. The lowest BCUT2D eigenvalue weighted by atomic mass is 9.73. The molecule has 0 atom stereocenters. The second kappa shape index (κ2) is 3.23. The molecule has 0 saturated carbocycles. The highest BCUT2D eigenvalue weighted by molar-refractivity contribution is 4.92. The van der Waals surface area contributed by atoms with Crippen molar-refractivity contribution in [1.29, 1.82) is 0 Å². The van der Waals surface area contributed by atoms with E-state index in [2.05, 4.69) is 26.0 Å². The molecule has 0 nitrogen and oxygen atoms in total. The van der Waals surface area contributed by atoms with Crippen LogP contribution in [0.1, 0.15) is 46.0 Å². The fraction of sp³-hybridized carbons (Fsp3) is 0.800. The summed E-state index contributed by atoms with van der Waals surface area (Å²) in [6.07, 6.45) is 12.0. The van der Waals surface area contributed by atoms with E-state index in [4.69, 9.17) is 0 Å². The predicted molar refractivity (Wildman–Crippen MR) is 44.7 cm³/mol. The molecule has 1 rings (SSSR count). The van der Waals surface area contributed by atoms with Crippen molar-refractivity contribution >= 4 is 0 Å². The van der Waals surface area contributed by atoms with E-state index >= 15 is 0 Å². The molecule has 0 unspecified atom stereocenters. The Hall–Kier alpha value is -0.260. The van der Waals surface area contributed by atoms with Crippen molar-refractivity contribution in [2.24, 2.45) is 5.41 Å². The van der Waals surface area contributed by atoms with Crippen LogP contribution in [0.15, 0.2) is 6.08 Å². The summed E-state index contributed by atoms with van der Waals surface area (Å²) >= 11 is 0. The van der Waals surface area contributed by atoms with Gasteiger partial charge in [0.1, 0.15) is 0 Å². The zero-order valence-electron chi connectivity index (χ0n) is 7.11. The van der Waals surface area contributed by atoms with Gasteiger partial charge in [0.05, 0.1) is 0 Å². The van der Waals surface area contributed by atoms with Crippen LogP contribution in [-0.4, -0.2) is 0 Å². The van der Waals surface area contributed by atoms with Crippen LogP contribution in [0.3, 0.4) is 0 Å². The first-order chi connectivity index (χ1) is 4.83. The molecule has 0 amide bonds. The molecular formula is C10H17. The van der Waals surface area contributed by atoms with Crippen molar-refractivity contribution in [3.63, 3.8) is 0 Å². The molecule has 0 aromatic heterocycles. The molecule has 57 valence electrons. The Bertz CT molecular complexity index is 118. The fourth-order valence-electron chi connectivity index (χ4n) is 1.72. The van der Waals surface area contributed by atoms with E-state index in [1.54, 1.807) is 0 Å². The van der Waals surface area contributed by atoms with Crippen LogP contribution >= 0.6 is 0 Å². The third-order valence-electron chi connectivity index (χ3n) is 2.98. The van der Waals surface area contributed by atoms with E-state index in [0.717, 1.165) is 0 Å². The molecule has 1 aliphatic carbocycles. The average molecular weight is 137 g/mol. The molecule has 0 heterocycles. The van der Waals surface area contributed by atoms with Gasteiger partial charge in [-0.3, -0.25) is 0 Å². The lowest BCUT2D eigenvalue weighted by Crippen LogP contribution is -2.19. The maximum absolute atomic E-state index is 3.28. The van der Waals surface area contributed by atoms with E-state index < -0.39 is 0 Å². The molecule has 10 heavy (non-hydrogen) atoms. The normalized spacial score (nSPS) is 23.0. The summed E-state index contributed by atoms with van der Waals surface area (Å²) < 4.78 is 0. The minimum Gasteiger partial charge on any atom is -0.0805 e. The maximum atomic E-state index is 3.28. The van der Waals surface area contributed by atoms with Crippen molar-refractivity contribution in [2.75, 3.05) is 0 Å². The highest BCUT2D eigenvalue weighted by Gasteiger charge is 2.25. The van der Waals surface area contributed by atoms with Crippen LogP contribution in [-0.2, 0) is 0 Å². The molecule has 0 fully saturated rings. The van der Waals surface area contributed by atoms with Crippen LogP contribution in [0.25, 0.3) is 0 Å². The van der Waals surface area contributed by atoms with Gasteiger partial charge >= 0.3 is 0 Å².